The Labute approximate surface area is 329 Å². The SMILES string of the molecule is COC(=O)CCN(CCCCCNC(=O)c1ccc2cc3ccc(C(=O)NCCCCCN(CCC(=O)OC)CCC(=O)OC)cc3cc2c1)CCC(=O)OC. The predicted octanol–water partition coefficient (Wildman–Crippen LogP) is 4.65. The zero-order valence-corrected chi connectivity index (χ0v) is 33.3. The minimum absolute atomic E-state index is 0.159. The van der Waals surface area contributed by atoms with Gasteiger partial charge in [-0.3, -0.25) is 28.8 Å². The van der Waals surface area contributed by atoms with Gasteiger partial charge in [0, 0.05) is 50.4 Å². The van der Waals surface area contributed by atoms with Gasteiger partial charge in [0.25, 0.3) is 11.8 Å². The van der Waals surface area contributed by atoms with Crippen LogP contribution in [0.2, 0.25) is 0 Å². The van der Waals surface area contributed by atoms with Crippen molar-refractivity contribution in [2.24, 2.45) is 0 Å². The Hall–Kier alpha value is -5.08. The van der Waals surface area contributed by atoms with Crippen LogP contribution in [0, 0.1) is 0 Å². The Morgan fingerprint density at radius 3 is 1.11 bits per heavy atom. The van der Waals surface area contributed by atoms with Crippen molar-refractivity contribution in [2.45, 2.75) is 64.2 Å². The fourth-order valence-electron chi connectivity index (χ4n) is 6.24. The van der Waals surface area contributed by atoms with E-state index >= 15 is 0 Å². The third-order valence-electron chi connectivity index (χ3n) is 9.63. The van der Waals surface area contributed by atoms with Crippen molar-refractivity contribution in [3.63, 3.8) is 0 Å². The molecule has 0 aliphatic carbocycles. The molecule has 0 aromatic heterocycles. The summed E-state index contributed by atoms with van der Waals surface area (Å²) >= 11 is 0. The van der Waals surface area contributed by atoms with E-state index in [2.05, 4.69) is 20.4 Å². The van der Waals surface area contributed by atoms with E-state index < -0.39 is 0 Å². The van der Waals surface area contributed by atoms with Crippen molar-refractivity contribution in [2.75, 3.05) is 80.8 Å². The Morgan fingerprint density at radius 2 is 0.768 bits per heavy atom. The Kier molecular flexibility index (Phi) is 20.4. The molecule has 14 heteroatoms. The van der Waals surface area contributed by atoms with Crippen LogP contribution in [-0.2, 0) is 38.1 Å². The number of esters is 4. The molecule has 0 spiro atoms. The smallest absolute Gasteiger partial charge is 0.306 e. The molecule has 0 bridgehead atoms. The molecule has 3 aromatic carbocycles. The van der Waals surface area contributed by atoms with E-state index in [0.717, 1.165) is 60.1 Å². The molecule has 14 nitrogen and oxygen atoms in total. The average molecular weight is 779 g/mol. The van der Waals surface area contributed by atoms with E-state index in [1.165, 1.54) is 28.4 Å². The van der Waals surface area contributed by atoms with Gasteiger partial charge < -0.3 is 39.4 Å². The second kappa shape index (κ2) is 25.2. The molecule has 306 valence electrons. The standard InChI is InChI=1S/C42H58N4O10/c1-53-37(47)15-23-45(24-16-38(48)54-2)21-9-5-7-19-43-41(51)33-13-11-31-27-32-12-14-34(29-36(32)30-35(31)28-33)42(52)44-20-8-6-10-22-46(25-17-39(49)55-3)26-18-40(50)56-4/h11-14,27-30H,5-10,15-26H2,1-4H3,(H,43,51)(H,44,52). The summed E-state index contributed by atoms with van der Waals surface area (Å²) in [6.45, 7) is 4.46. The van der Waals surface area contributed by atoms with Gasteiger partial charge in [-0.1, -0.05) is 25.0 Å². The number of carbonyl (C=O) groups excluding carboxylic acids is 6. The van der Waals surface area contributed by atoms with Gasteiger partial charge in [-0.2, -0.15) is 0 Å². The maximum absolute atomic E-state index is 13.0. The quantitative estimate of drug-likeness (QED) is 0.0502. The molecule has 2 N–H and O–H groups in total. The number of hydrogen-bond acceptors (Lipinski definition) is 12. The van der Waals surface area contributed by atoms with E-state index in [-0.39, 0.29) is 61.4 Å². The lowest BCUT2D eigenvalue weighted by molar-refractivity contribution is -0.142. The second-order valence-corrected chi connectivity index (χ2v) is 13.6. The van der Waals surface area contributed by atoms with Crippen LogP contribution in [0.3, 0.4) is 0 Å². The summed E-state index contributed by atoms with van der Waals surface area (Å²) < 4.78 is 19.0. The normalized spacial score (nSPS) is 11.1. The molecular formula is C42H58N4O10. The average Bonchev–Trinajstić information content (AvgIpc) is 3.22. The molecule has 0 atom stereocenters. The number of unbranched alkanes of at least 4 members (excludes halogenated alkanes) is 4. The minimum atomic E-state index is -0.295. The number of methoxy groups -OCH3 is 4. The van der Waals surface area contributed by atoms with E-state index in [1.807, 2.05) is 48.5 Å². The second-order valence-electron chi connectivity index (χ2n) is 13.6. The minimum Gasteiger partial charge on any atom is -0.469 e. The molecule has 0 aliphatic heterocycles. The lowest BCUT2D eigenvalue weighted by Crippen LogP contribution is -2.30. The summed E-state index contributed by atoms with van der Waals surface area (Å²) in [5.74, 6) is -1.50. The topological polar surface area (TPSA) is 170 Å². The molecular weight excluding hydrogens is 720 g/mol. The van der Waals surface area contributed by atoms with Crippen molar-refractivity contribution in [1.82, 2.24) is 20.4 Å². The van der Waals surface area contributed by atoms with Crippen LogP contribution in [0.15, 0.2) is 48.5 Å². The van der Waals surface area contributed by atoms with Gasteiger partial charge in [0.1, 0.15) is 0 Å². The lowest BCUT2D eigenvalue weighted by atomic mass is 9.99. The van der Waals surface area contributed by atoms with E-state index in [1.54, 1.807) is 0 Å². The summed E-state index contributed by atoms with van der Waals surface area (Å²) in [4.78, 5) is 76.5. The van der Waals surface area contributed by atoms with Crippen molar-refractivity contribution >= 4 is 57.2 Å². The number of benzene rings is 3. The highest BCUT2D eigenvalue weighted by atomic mass is 16.5. The highest BCUT2D eigenvalue weighted by Crippen LogP contribution is 2.25. The summed E-state index contributed by atoms with van der Waals surface area (Å²) in [6, 6.07) is 15.3. The van der Waals surface area contributed by atoms with Crippen LogP contribution in [0.4, 0.5) is 0 Å². The molecule has 3 rings (SSSR count). The van der Waals surface area contributed by atoms with E-state index in [4.69, 9.17) is 18.9 Å². The molecule has 2 amide bonds. The van der Waals surface area contributed by atoms with Gasteiger partial charge >= 0.3 is 23.9 Å². The molecule has 0 radical (unpaired) electrons. The van der Waals surface area contributed by atoms with Crippen LogP contribution in [0.1, 0.15) is 84.9 Å². The van der Waals surface area contributed by atoms with Gasteiger partial charge in [0.2, 0.25) is 0 Å². The molecule has 56 heavy (non-hydrogen) atoms. The number of hydrogen-bond donors (Lipinski definition) is 2. The Morgan fingerprint density at radius 1 is 0.429 bits per heavy atom. The zero-order valence-electron chi connectivity index (χ0n) is 33.3. The van der Waals surface area contributed by atoms with Gasteiger partial charge in [0.15, 0.2) is 0 Å². The van der Waals surface area contributed by atoms with E-state index in [0.29, 0.717) is 63.5 Å². The molecule has 0 saturated carbocycles. The fraction of sp³-hybridized carbons (Fsp3) is 0.524. The molecule has 0 unspecified atom stereocenters. The monoisotopic (exact) mass is 778 g/mol. The Bertz CT molecular complexity index is 1600. The summed E-state index contributed by atoms with van der Waals surface area (Å²) in [6.07, 6.45) is 6.00. The Balaban J connectivity index is 1.46. The van der Waals surface area contributed by atoms with Crippen molar-refractivity contribution in [3.05, 3.63) is 59.7 Å². The predicted molar refractivity (Wildman–Crippen MR) is 213 cm³/mol. The van der Waals surface area contributed by atoms with Crippen molar-refractivity contribution in [1.29, 1.82) is 0 Å². The highest BCUT2D eigenvalue weighted by molar-refractivity contribution is 6.05. The van der Waals surface area contributed by atoms with Crippen LogP contribution in [0.5, 0.6) is 0 Å². The van der Waals surface area contributed by atoms with Gasteiger partial charge in [-0.15, -0.1) is 0 Å². The van der Waals surface area contributed by atoms with Gasteiger partial charge in [0.05, 0.1) is 54.1 Å². The third-order valence-corrected chi connectivity index (χ3v) is 9.63. The number of fused-ring (bicyclic) bond motifs is 2. The maximum atomic E-state index is 13.0. The van der Waals surface area contributed by atoms with E-state index in [9.17, 15) is 28.8 Å². The first-order chi connectivity index (χ1) is 27.1. The maximum Gasteiger partial charge on any atom is 0.306 e. The number of nitrogens with one attached hydrogen (secondary N) is 2. The largest absolute Gasteiger partial charge is 0.469 e. The van der Waals surface area contributed by atoms with Crippen LogP contribution in [-0.4, -0.2) is 126 Å². The first-order valence-corrected chi connectivity index (χ1v) is 19.3. The van der Waals surface area contributed by atoms with Gasteiger partial charge in [-0.25, -0.2) is 0 Å². The first-order valence-electron chi connectivity index (χ1n) is 19.3. The van der Waals surface area contributed by atoms with Crippen molar-refractivity contribution < 1.29 is 47.7 Å². The van der Waals surface area contributed by atoms with Gasteiger partial charge in [-0.05, 0) is 96.7 Å². The fourth-order valence-corrected chi connectivity index (χ4v) is 6.24. The van der Waals surface area contributed by atoms with Crippen molar-refractivity contribution in [3.8, 4) is 0 Å². The van der Waals surface area contributed by atoms with Crippen LogP contribution >= 0.6 is 0 Å². The third kappa shape index (κ3) is 16.3. The molecule has 0 fully saturated rings. The number of nitrogens with zero attached hydrogens (tertiary/aromatic N) is 2. The first kappa shape index (κ1) is 45.3. The number of rotatable bonds is 26. The summed E-state index contributed by atoms with van der Waals surface area (Å²) in [7, 11) is 5.42. The summed E-state index contributed by atoms with van der Waals surface area (Å²) in [5, 5.41) is 9.79. The number of amides is 2. The summed E-state index contributed by atoms with van der Waals surface area (Å²) in [5.41, 5.74) is 1.11. The zero-order chi connectivity index (χ0) is 40.7. The molecule has 0 aliphatic rings. The highest BCUT2D eigenvalue weighted by Gasteiger charge is 2.14. The molecule has 3 aromatic rings. The number of ether oxygens (including phenoxy) is 4. The van der Waals surface area contributed by atoms with Crippen LogP contribution < -0.4 is 10.6 Å². The lowest BCUT2D eigenvalue weighted by Gasteiger charge is -2.21. The van der Waals surface area contributed by atoms with Crippen LogP contribution in [0.25, 0.3) is 21.5 Å². The molecule has 0 saturated heterocycles. The molecule has 0 heterocycles. The number of carbonyl (C=O) groups is 6.